The normalized spacial score (nSPS) is 15.4. The maximum Gasteiger partial charge on any atom is 0.224 e. The average Bonchev–Trinajstić information content (AvgIpc) is 2.56. The van der Waals surface area contributed by atoms with E-state index in [-0.39, 0.29) is 36.3 Å². The molecule has 0 radical (unpaired) electrons. The van der Waals surface area contributed by atoms with Crippen LogP contribution in [0.3, 0.4) is 0 Å². The van der Waals surface area contributed by atoms with E-state index in [0.29, 0.717) is 0 Å². The Morgan fingerprint density at radius 1 is 1.44 bits per heavy atom. The zero-order chi connectivity index (χ0) is 13.2. The van der Waals surface area contributed by atoms with Crippen LogP contribution in [0.1, 0.15) is 38.1 Å². The number of hydrogen-bond donors (Lipinski definition) is 2. The molecule has 3 N–H and O–H groups in total. The molecular formula is C12H23ClN4O. The van der Waals surface area contributed by atoms with Gasteiger partial charge in [0.05, 0.1) is 11.7 Å². The lowest BCUT2D eigenvalue weighted by molar-refractivity contribution is -0.125. The quantitative estimate of drug-likeness (QED) is 0.869. The van der Waals surface area contributed by atoms with E-state index in [1.165, 1.54) is 0 Å². The standard InChI is InChI=1S/C12H22N4O.ClH/c1-7(8(2)13)12(17)14-9(3)11-6-16(5)15-10(11)4;/h6-9H,13H2,1-5H3,(H,14,17);1H. The molecule has 6 heteroatoms. The third kappa shape index (κ3) is 3.99. The summed E-state index contributed by atoms with van der Waals surface area (Å²) in [6, 6.07) is -0.186. The van der Waals surface area contributed by atoms with Gasteiger partial charge in [-0.2, -0.15) is 5.10 Å². The van der Waals surface area contributed by atoms with Gasteiger partial charge >= 0.3 is 0 Å². The highest BCUT2D eigenvalue weighted by Gasteiger charge is 2.20. The summed E-state index contributed by atoms with van der Waals surface area (Å²) in [5.41, 5.74) is 7.69. The van der Waals surface area contributed by atoms with E-state index in [0.717, 1.165) is 11.3 Å². The second-order valence-electron chi connectivity index (χ2n) is 4.72. The molecule has 3 unspecified atom stereocenters. The molecule has 0 aromatic carbocycles. The molecule has 1 heterocycles. The van der Waals surface area contributed by atoms with Gasteiger partial charge in [0.2, 0.25) is 5.91 Å². The third-order valence-corrected chi connectivity index (χ3v) is 3.08. The van der Waals surface area contributed by atoms with Crippen LogP contribution in [0.2, 0.25) is 0 Å². The van der Waals surface area contributed by atoms with Crippen LogP contribution in [0.25, 0.3) is 0 Å². The largest absolute Gasteiger partial charge is 0.349 e. The molecule has 0 spiro atoms. The van der Waals surface area contributed by atoms with E-state index >= 15 is 0 Å². The summed E-state index contributed by atoms with van der Waals surface area (Å²) >= 11 is 0. The molecular weight excluding hydrogens is 252 g/mol. The molecule has 0 aliphatic heterocycles. The molecule has 3 atom stereocenters. The van der Waals surface area contributed by atoms with Crippen molar-refractivity contribution in [3.63, 3.8) is 0 Å². The molecule has 1 aromatic heterocycles. The van der Waals surface area contributed by atoms with Gasteiger partial charge in [0.25, 0.3) is 0 Å². The molecule has 1 amide bonds. The first-order chi connectivity index (χ1) is 7.82. The minimum Gasteiger partial charge on any atom is -0.349 e. The zero-order valence-corrected chi connectivity index (χ0v) is 12.4. The van der Waals surface area contributed by atoms with Crippen LogP contribution in [0.5, 0.6) is 0 Å². The fourth-order valence-corrected chi connectivity index (χ4v) is 1.70. The van der Waals surface area contributed by atoms with Crippen molar-refractivity contribution in [1.29, 1.82) is 0 Å². The monoisotopic (exact) mass is 274 g/mol. The van der Waals surface area contributed by atoms with Crippen LogP contribution >= 0.6 is 12.4 Å². The van der Waals surface area contributed by atoms with E-state index < -0.39 is 0 Å². The van der Waals surface area contributed by atoms with Crippen molar-refractivity contribution in [3.8, 4) is 0 Å². The minimum atomic E-state index is -0.186. The Bertz CT molecular complexity index is 403. The first kappa shape index (κ1) is 16.9. The van der Waals surface area contributed by atoms with Crippen molar-refractivity contribution in [2.75, 3.05) is 0 Å². The summed E-state index contributed by atoms with van der Waals surface area (Å²) in [6.45, 7) is 7.57. The molecule has 5 nitrogen and oxygen atoms in total. The molecule has 0 fully saturated rings. The van der Waals surface area contributed by atoms with Crippen LogP contribution < -0.4 is 11.1 Å². The Labute approximate surface area is 115 Å². The van der Waals surface area contributed by atoms with Crippen LogP contribution in [-0.4, -0.2) is 21.7 Å². The van der Waals surface area contributed by atoms with Crippen molar-refractivity contribution in [2.24, 2.45) is 18.7 Å². The van der Waals surface area contributed by atoms with Gasteiger partial charge < -0.3 is 11.1 Å². The predicted octanol–water partition coefficient (Wildman–Crippen LogP) is 1.31. The van der Waals surface area contributed by atoms with Gasteiger partial charge in [-0.25, -0.2) is 0 Å². The lowest BCUT2D eigenvalue weighted by Crippen LogP contribution is -2.39. The number of hydrogen-bond acceptors (Lipinski definition) is 3. The zero-order valence-electron chi connectivity index (χ0n) is 11.6. The third-order valence-electron chi connectivity index (χ3n) is 3.08. The van der Waals surface area contributed by atoms with E-state index in [1.807, 2.05) is 40.9 Å². The second-order valence-corrected chi connectivity index (χ2v) is 4.72. The second kappa shape index (κ2) is 6.75. The number of carbonyl (C=O) groups is 1. The highest BCUT2D eigenvalue weighted by molar-refractivity contribution is 5.85. The van der Waals surface area contributed by atoms with E-state index in [9.17, 15) is 4.79 Å². The lowest BCUT2D eigenvalue weighted by Gasteiger charge is -2.19. The summed E-state index contributed by atoms with van der Waals surface area (Å²) in [5.74, 6) is -0.204. The maximum absolute atomic E-state index is 11.9. The van der Waals surface area contributed by atoms with Gasteiger partial charge in [-0.1, -0.05) is 6.92 Å². The van der Waals surface area contributed by atoms with E-state index in [2.05, 4.69) is 10.4 Å². The van der Waals surface area contributed by atoms with Gasteiger partial charge in [0, 0.05) is 30.8 Å². The van der Waals surface area contributed by atoms with Crippen molar-refractivity contribution in [3.05, 3.63) is 17.5 Å². The summed E-state index contributed by atoms with van der Waals surface area (Å²) in [6.07, 6.45) is 1.93. The highest BCUT2D eigenvalue weighted by atomic mass is 35.5. The Morgan fingerprint density at radius 3 is 2.39 bits per heavy atom. The minimum absolute atomic E-state index is 0. The highest BCUT2D eigenvalue weighted by Crippen LogP contribution is 2.16. The number of nitrogens with two attached hydrogens (primary N) is 1. The van der Waals surface area contributed by atoms with Crippen molar-refractivity contribution < 1.29 is 4.79 Å². The van der Waals surface area contributed by atoms with Gasteiger partial charge in [-0.05, 0) is 20.8 Å². The topological polar surface area (TPSA) is 72.9 Å². The first-order valence-corrected chi connectivity index (χ1v) is 5.89. The van der Waals surface area contributed by atoms with Crippen LogP contribution in [0.4, 0.5) is 0 Å². The number of aryl methyl sites for hydroxylation is 2. The van der Waals surface area contributed by atoms with Crippen LogP contribution in [-0.2, 0) is 11.8 Å². The number of halogens is 1. The maximum atomic E-state index is 11.9. The molecule has 1 aromatic rings. The van der Waals surface area contributed by atoms with Crippen molar-refractivity contribution in [2.45, 2.75) is 39.8 Å². The molecule has 18 heavy (non-hydrogen) atoms. The Kier molecular flexibility index (Phi) is 6.35. The van der Waals surface area contributed by atoms with Crippen molar-refractivity contribution >= 4 is 18.3 Å². The van der Waals surface area contributed by atoms with Gasteiger partial charge in [-0.3, -0.25) is 9.48 Å². The molecule has 0 aliphatic rings. The number of aromatic nitrogens is 2. The summed E-state index contributed by atoms with van der Waals surface area (Å²) < 4.78 is 1.75. The number of rotatable bonds is 4. The Hall–Kier alpha value is -1.07. The van der Waals surface area contributed by atoms with E-state index in [4.69, 9.17) is 5.73 Å². The van der Waals surface area contributed by atoms with Gasteiger partial charge in [0.1, 0.15) is 0 Å². The predicted molar refractivity (Wildman–Crippen MR) is 74.6 cm³/mol. The SMILES string of the molecule is Cc1nn(C)cc1C(C)NC(=O)C(C)C(C)N.Cl. The Balaban J connectivity index is 0.00000289. The number of nitrogens with one attached hydrogen (secondary N) is 1. The number of amides is 1. The fraction of sp³-hybridized carbons (Fsp3) is 0.667. The first-order valence-electron chi connectivity index (χ1n) is 5.89. The molecule has 1 rings (SSSR count). The summed E-state index contributed by atoms with van der Waals surface area (Å²) in [5, 5.41) is 7.22. The number of carbonyl (C=O) groups excluding carboxylic acids is 1. The summed E-state index contributed by atoms with van der Waals surface area (Å²) in [7, 11) is 1.87. The van der Waals surface area contributed by atoms with Crippen LogP contribution in [0.15, 0.2) is 6.20 Å². The lowest BCUT2D eigenvalue weighted by atomic mass is 10.0. The number of nitrogens with zero attached hydrogens (tertiary/aromatic N) is 2. The fourth-order valence-electron chi connectivity index (χ4n) is 1.70. The van der Waals surface area contributed by atoms with Gasteiger partial charge in [-0.15, -0.1) is 12.4 Å². The molecule has 0 saturated heterocycles. The van der Waals surface area contributed by atoms with Crippen molar-refractivity contribution in [1.82, 2.24) is 15.1 Å². The van der Waals surface area contributed by atoms with Crippen LogP contribution in [0, 0.1) is 12.8 Å². The summed E-state index contributed by atoms with van der Waals surface area (Å²) in [4.78, 5) is 11.9. The smallest absolute Gasteiger partial charge is 0.224 e. The molecule has 104 valence electrons. The Morgan fingerprint density at radius 2 is 2.00 bits per heavy atom. The molecule has 0 saturated carbocycles. The van der Waals surface area contributed by atoms with E-state index in [1.54, 1.807) is 4.68 Å². The molecule has 0 bridgehead atoms. The van der Waals surface area contributed by atoms with Gasteiger partial charge in [0.15, 0.2) is 0 Å². The molecule has 0 aliphatic carbocycles. The average molecular weight is 275 g/mol.